The van der Waals surface area contributed by atoms with E-state index in [0.29, 0.717) is 5.56 Å². The summed E-state index contributed by atoms with van der Waals surface area (Å²) in [5, 5.41) is 11.5. The first-order valence-electron chi connectivity index (χ1n) is 6.04. The van der Waals surface area contributed by atoms with E-state index in [0.717, 1.165) is 5.69 Å². The van der Waals surface area contributed by atoms with Crippen LogP contribution in [-0.2, 0) is 0 Å². The second kappa shape index (κ2) is 6.83. The largest absolute Gasteiger partial charge is 0.361 e. The molecule has 0 atom stereocenters. The van der Waals surface area contributed by atoms with Crippen LogP contribution in [0.25, 0.3) is 6.08 Å². The van der Waals surface area contributed by atoms with Crippen molar-refractivity contribution in [2.24, 2.45) is 0 Å². The van der Waals surface area contributed by atoms with Gasteiger partial charge in [0.15, 0.2) is 0 Å². The molecule has 1 aliphatic heterocycles. The second-order valence-corrected chi connectivity index (χ2v) is 3.93. The first-order valence-corrected chi connectivity index (χ1v) is 6.04. The monoisotopic (exact) mass is 246 g/mol. The third kappa shape index (κ3) is 3.86. The van der Waals surface area contributed by atoms with Crippen molar-refractivity contribution in [1.29, 1.82) is 5.26 Å². The minimum Gasteiger partial charge on any atom is -0.361 e. The molecule has 0 fully saturated rings. The van der Waals surface area contributed by atoms with Crippen LogP contribution in [0.15, 0.2) is 72.9 Å². The molecule has 0 spiro atoms. The second-order valence-electron chi connectivity index (χ2n) is 3.93. The van der Waals surface area contributed by atoms with Crippen LogP contribution >= 0.6 is 0 Å². The van der Waals surface area contributed by atoms with Crippen molar-refractivity contribution in [2.75, 3.05) is 5.32 Å². The van der Waals surface area contributed by atoms with Crippen LogP contribution in [0, 0.1) is 11.3 Å². The van der Waals surface area contributed by atoms with E-state index in [1.165, 1.54) is 5.56 Å². The van der Waals surface area contributed by atoms with E-state index >= 15 is 0 Å². The molecular formula is C17H14N2. The summed E-state index contributed by atoms with van der Waals surface area (Å²) >= 11 is 0. The van der Waals surface area contributed by atoms with E-state index in [-0.39, 0.29) is 0 Å². The van der Waals surface area contributed by atoms with Crippen LogP contribution in [0.4, 0.5) is 5.69 Å². The summed E-state index contributed by atoms with van der Waals surface area (Å²) in [7, 11) is 0. The van der Waals surface area contributed by atoms with Crippen LogP contribution in [0.3, 0.4) is 0 Å². The number of nitriles is 1. The molecule has 0 saturated carbocycles. The molecule has 1 N–H and O–H groups in total. The van der Waals surface area contributed by atoms with E-state index in [9.17, 15) is 0 Å². The molecule has 0 amide bonds. The molecule has 2 aromatic rings. The standard InChI is InChI=1S/C10H9N.C7H5N/c1-2-7-10-9(5-1)6-3-4-8-11-10;8-6-7-4-2-1-3-5-7/h1-8,11H;1-5H. The number of rotatable bonds is 0. The van der Waals surface area contributed by atoms with Gasteiger partial charge < -0.3 is 5.32 Å². The van der Waals surface area contributed by atoms with Crippen LogP contribution in [0.5, 0.6) is 0 Å². The van der Waals surface area contributed by atoms with Crippen LogP contribution in [0.1, 0.15) is 11.1 Å². The molecule has 0 aromatic heterocycles. The Balaban J connectivity index is 0.000000148. The van der Waals surface area contributed by atoms with Crippen LogP contribution < -0.4 is 5.32 Å². The fourth-order valence-corrected chi connectivity index (χ4v) is 1.64. The number of nitrogens with zero attached hydrogens (tertiary/aromatic N) is 1. The molecule has 1 aliphatic rings. The Morgan fingerprint density at radius 3 is 2.32 bits per heavy atom. The summed E-state index contributed by atoms with van der Waals surface area (Å²) in [4.78, 5) is 0. The van der Waals surface area contributed by atoms with Crippen molar-refractivity contribution < 1.29 is 0 Å². The van der Waals surface area contributed by atoms with Crippen molar-refractivity contribution in [1.82, 2.24) is 0 Å². The highest BCUT2D eigenvalue weighted by Gasteiger charge is 1.95. The quantitative estimate of drug-likeness (QED) is 0.756. The van der Waals surface area contributed by atoms with Crippen molar-refractivity contribution in [3.05, 3.63) is 84.1 Å². The molecule has 0 unspecified atom stereocenters. The number of anilines is 1. The minimum absolute atomic E-state index is 0.715. The van der Waals surface area contributed by atoms with Crippen LogP contribution in [-0.4, -0.2) is 0 Å². The Labute approximate surface area is 113 Å². The number of allylic oxidation sites excluding steroid dienone is 2. The van der Waals surface area contributed by atoms with Crippen molar-refractivity contribution in [3.63, 3.8) is 0 Å². The summed E-state index contributed by atoms with van der Waals surface area (Å²) in [5.74, 6) is 0. The van der Waals surface area contributed by atoms with E-state index in [1.54, 1.807) is 12.1 Å². The topological polar surface area (TPSA) is 35.8 Å². The Bertz CT molecular complexity index is 619. The zero-order valence-electron chi connectivity index (χ0n) is 10.5. The highest BCUT2D eigenvalue weighted by molar-refractivity contribution is 5.69. The SMILES string of the molecule is C1=CNc2ccccc2C=C1.N#Cc1ccccc1. The lowest BCUT2D eigenvalue weighted by atomic mass is 10.2. The van der Waals surface area contributed by atoms with Gasteiger partial charge in [0.1, 0.15) is 0 Å². The summed E-state index contributed by atoms with van der Waals surface area (Å²) in [6.45, 7) is 0. The highest BCUT2D eigenvalue weighted by atomic mass is 14.8. The fraction of sp³-hybridized carbons (Fsp3) is 0. The summed E-state index contributed by atoms with van der Waals surface area (Å²) in [6.07, 6.45) is 8.03. The molecule has 2 aromatic carbocycles. The van der Waals surface area contributed by atoms with Gasteiger partial charge in [-0.2, -0.15) is 5.26 Å². The predicted molar refractivity (Wildman–Crippen MR) is 79.4 cm³/mol. The maximum Gasteiger partial charge on any atom is 0.0991 e. The van der Waals surface area contributed by atoms with Gasteiger partial charge in [0, 0.05) is 11.9 Å². The lowest BCUT2D eigenvalue weighted by molar-refractivity contribution is 1.49. The first kappa shape index (κ1) is 12.7. The average Bonchev–Trinajstić information content (AvgIpc) is 2.74. The fourth-order valence-electron chi connectivity index (χ4n) is 1.64. The van der Waals surface area contributed by atoms with Gasteiger partial charge in [-0.1, -0.05) is 48.6 Å². The van der Waals surface area contributed by atoms with Gasteiger partial charge in [0.05, 0.1) is 11.6 Å². The van der Waals surface area contributed by atoms with Gasteiger partial charge in [-0.15, -0.1) is 0 Å². The van der Waals surface area contributed by atoms with Gasteiger partial charge >= 0.3 is 0 Å². The minimum atomic E-state index is 0.715. The maximum absolute atomic E-state index is 8.29. The Morgan fingerprint density at radius 1 is 0.842 bits per heavy atom. The number of nitrogens with one attached hydrogen (secondary N) is 1. The van der Waals surface area contributed by atoms with Gasteiger partial charge in [0.2, 0.25) is 0 Å². The zero-order valence-corrected chi connectivity index (χ0v) is 10.5. The van der Waals surface area contributed by atoms with E-state index in [1.807, 2.05) is 54.8 Å². The molecule has 0 radical (unpaired) electrons. The number of benzene rings is 2. The molecule has 3 rings (SSSR count). The van der Waals surface area contributed by atoms with Gasteiger partial charge in [-0.3, -0.25) is 0 Å². The summed E-state index contributed by atoms with van der Waals surface area (Å²) < 4.78 is 0. The lowest BCUT2D eigenvalue weighted by Gasteiger charge is -2.01. The Hall–Kier alpha value is -2.79. The Morgan fingerprint density at radius 2 is 1.58 bits per heavy atom. The van der Waals surface area contributed by atoms with Gasteiger partial charge in [0.25, 0.3) is 0 Å². The molecule has 2 nitrogen and oxygen atoms in total. The van der Waals surface area contributed by atoms with E-state index in [2.05, 4.69) is 23.5 Å². The average molecular weight is 246 g/mol. The van der Waals surface area contributed by atoms with E-state index < -0.39 is 0 Å². The zero-order chi connectivity index (χ0) is 13.3. The van der Waals surface area contributed by atoms with Gasteiger partial charge in [-0.05, 0) is 29.8 Å². The molecule has 19 heavy (non-hydrogen) atoms. The number of fused-ring (bicyclic) bond motifs is 1. The third-order valence-electron chi connectivity index (χ3n) is 2.59. The third-order valence-corrected chi connectivity index (χ3v) is 2.59. The predicted octanol–water partition coefficient (Wildman–Crippen LogP) is 4.20. The lowest BCUT2D eigenvalue weighted by Crippen LogP contribution is -1.87. The highest BCUT2D eigenvalue weighted by Crippen LogP contribution is 2.18. The molecule has 0 aliphatic carbocycles. The first-order chi connectivity index (χ1) is 9.40. The Kier molecular flexibility index (Phi) is 4.55. The summed E-state index contributed by atoms with van der Waals surface area (Å²) in [6, 6.07) is 19.4. The molecule has 2 heteroatoms. The number of hydrogen-bond donors (Lipinski definition) is 1. The number of para-hydroxylation sites is 1. The van der Waals surface area contributed by atoms with E-state index in [4.69, 9.17) is 5.26 Å². The molecular weight excluding hydrogens is 232 g/mol. The van der Waals surface area contributed by atoms with Crippen molar-refractivity contribution in [2.45, 2.75) is 0 Å². The molecule has 1 heterocycles. The maximum atomic E-state index is 8.29. The normalized spacial score (nSPS) is 11.1. The molecule has 0 bridgehead atoms. The van der Waals surface area contributed by atoms with Crippen LogP contribution in [0.2, 0.25) is 0 Å². The smallest absolute Gasteiger partial charge is 0.0991 e. The van der Waals surface area contributed by atoms with Crippen molar-refractivity contribution in [3.8, 4) is 6.07 Å². The van der Waals surface area contributed by atoms with Gasteiger partial charge in [-0.25, -0.2) is 0 Å². The summed E-state index contributed by atoms with van der Waals surface area (Å²) in [5.41, 5.74) is 3.11. The number of hydrogen-bond acceptors (Lipinski definition) is 2. The van der Waals surface area contributed by atoms with Crippen molar-refractivity contribution >= 4 is 11.8 Å². The molecule has 92 valence electrons. The molecule has 0 saturated heterocycles.